The zero-order valence-corrected chi connectivity index (χ0v) is 32.2. The highest BCUT2D eigenvalue weighted by atomic mass is 15.1. The first-order chi connectivity index (χ1) is 27.4. The molecule has 0 unspecified atom stereocenters. The molecule has 0 spiro atoms. The Morgan fingerprint density at radius 3 is 1.05 bits per heavy atom. The van der Waals surface area contributed by atoms with Crippen LogP contribution in [0.2, 0.25) is 0 Å². The lowest BCUT2D eigenvalue weighted by molar-refractivity contribution is 1.20. The number of benzene rings is 8. The van der Waals surface area contributed by atoms with Crippen molar-refractivity contribution in [3.8, 4) is 22.3 Å². The second kappa shape index (κ2) is 13.4. The van der Waals surface area contributed by atoms with Crippen LogP contribution in [-0.4, -0.2) is 0 Å². The molecular weight excluding hydrogens is 677 g/mol. The molecule has 0 saturated carbocycles. The van der Waals surface area contributed by atoms with Gasteiger partial charge in [-0.05, 0) is 153 Å². The second-order valence-electron chi connectivity index (χ2n) is 15.3. The molecule has 0 aliphatic carbocycles. The standard InChI is InChI=1S/C54H42N2/c1-35-29-37(3)53(51(31-35)49-33-41-13-5-7-15-43(41)45-17-9-11-19-47(45)49)55-25-21-39(22-26-55)40-23-27-56(28-24-40)54-38(4)30-36(2)32-52(54)50-34-42-14-6-8-16-44(42)46-18-10-12-20-48(46)50/h5-34H,1-4H3. The molecule has 0 fully saturated rings. The number of fused-ring (bicyclic) bond motifs is 6. The molecule has 8 aromatic rings. The van der Waals surface area contributed by atoms with E-state index in [2.05, 4.69) is 220 Å². The van der Waals surface area contributed by atoms with Crippen LogP contribution < -0.4 is 9.80 Å². The third-order valence-electron chi connectivity index (χ3n) is 11.5. The molecule has 2 heteroatoms. The average Bonchev–Trinajstić information content (AvgIpc) is 3.23. The third-order valence-corrected chi connectivity index (χ3v) is 11.5. The molecule has 0 radical (unpaired) electrons. The molecule has 2 aliphatic rings. The van der Waals surface area contributed by atoms with Gasteiger partial charge in [-0.2, -0.15) is 0 Å². The minimum atomic E-state index is 1.18. The predicted octanol–water partition coefficient (Wildman–Crippen LogP) is 14.6. The minimum Gasteiger partial charge on any atom is -0.323 e. The molecule has 0 saturated heterocycles. The Hall–Kier alpha value is -6.90. The summed E-state index contributed by atoms with van der Waals surface area (Å²) in [4.78, 5) is 4.58. The predicted molar refractivity (Wildman–Crippen MR) is 241 cm³/mol. The van der Waals surface area contributed by atoms with Gasteiger partial charge in [0, 0.05) is 35.9 Å². The Labute approximate surface area is 328 Å². The molecule has 0 N–H and O–H groups in total. The van der Waals surface area contributed by atoms with Gasteiger partial charge in [-0.25, -0.2) is 0 Å². The van der Waals surface area contributed by atoms with Crippen molar-refractivity contribution in [1.82, 2.24) is 0 Å². The summed E-state index contributed by atoms with van der Waals surface area (Å²) in [7, 11) is 0. The number of aryl methyl sites for hydroxylation is 4. The van der Waals surface area contributed by atoms with Crippen molar-refractivity contribution >= 4 is 54.5 Å². The fourth-order valence-corrected chi connectivity index (χ4v) is 9.11. The number of anilines is 2. The first-order valence-electron chi connectivity index (χ1n) is 19.5. The molecular formula is C54H42N2. The van der Waals surface area contributed by atoms with Crippen LogP contribution in [0, 0.1) is 27.7 Å². The lowest BCUT2D eigenvalue weighted by atomic mass is 9.90. The summed E-state index contributed by atoms with van der Waals surface area (Å²) in [6.45, 7) is 8.86. The maximum atomic E-state index is 2.37. The molecule has 0 aromatic heterocycles. The Morgan fingerprint density at radius 1 is 0.321 bits per heavy atom. The van der Waals surface area contributed by atoms with E-state index < -0.39 is 0 Å². The molecule has 268 valence electrons. The summed E-state index contributed by atoms with van der Waals surface area (Å²) in [5.41, 5.74) is 14.8. The number of rotatable bonds is 4. The van der Waals surface area contributed by atoms with Crippen LogP contribution in [0.5, 0.6) is 0 Å². The van der Waals surface area contributed by atoms with E-state index in [4.69, 9.17) is 0 Å². The number of nitrogens with zero attached hydrogens (tertiary/aromatic N) is 2. The van der Waals surface area contributed by atoms with Crippen LogP contribution in [0.1, 0.15) is 22.3 Å². The molecule has 0 amide bonds. The van der Waals surface area contributed by atoms with Gasteiger partial charge < -0.3 is 9.80 Å². The maximum absolute atomic E-state index is 2.37. The van der Waals surface area contributed by atoms with Gasteiger partial charge in [0.1, 0.15) is 0 Å². The summed E-state index contributed by atoms with van der Waals surface area (Å²) < 4.78 is 0. The SMILES string of the molecule is Cc1cc(C)c(N2C=CC(=C3C=CN(c4c(C)cc(C)cc4-c4cc5ccccc5c5ccccc45)C=C3)C=C2)c(-c2cc3ccccc3c3ccccc23)c1. The molecule has 2 aliphatic heterocycles. The highest BCUT2D eigenvalue weighted by molar-refractivity contribution is 6.16. The second-order valence-corrected chi connectivity index (χ2v) is 15.3. The van der Waals surface area contributed by atoms with Gasteiger partial charge in [0.25, 0.3) is 0 Å². The molecule has 0 atom stereocenters. The molecule has 0 bridgehead atoms. The third kappa shape index (κ3) is 5.65. The van der Waals surface area contributed by atoms with Crippen molar-refractivity contribution < 1.29 is 0 Å². The molecule has 56 heavy (non-hydrogen) atoms. The Morgan fingerprint density at radius 2 is 0.661 bits per heavy atom. The summed E-state index contributed by atoms with van der Waals surface area (Å²) >= 11 is 0. The van der Waals surface area contributed by atoms with Crippen LogP contribution in [0.3, 0.4) is 0 Å². The van der Waals surface area contributed by atoms with E-state index in [1.165, 1.54) is 110 Å². The van der Waals surface area contributed by atoms with E-state index in [1.54, 1.807) is 0 Å². The van der Waals surface area contributed by atoms with E-state index in [1.807, 2.05) is 0 Å². The first kappa shape index (κ1) is 33.7. The van der Waals surface area contributed by atoms with Crippen LogP contribution in [0.15, 0.2) is 194 Å². The zero-order valence-electron chi connectivity index (χ0n) is 32.2. The van der Waals surface area contributed by atoms with Crippen LogP contribution in [0.4, 0.5) is 11.4 Å². The fraction of sp³-hybridized carbons (Fsp3) is 0.0741. The summed E-state index contributed by atoms with van der Waals surface area (Å²) in [5, 5.41) is 10.2. The van der Waals surface area contributed by atoms with Crippen LogP contribution in [-0.2, 0) is 0 Å². The average molecular weight is 719 g/mol. The summed E-state index contributed by atoms with van der Waals surface area (Å²) in [5.74, 6) is 0. The van der Waals surface area contributed by atoms with E-state index in [9.17, 15) is 0 Å². The van der Waals surface area contributed by atoms with Crippen molar-refractivity contribution in [3.05, 3.63) is 216 Å². The van der Waals surface area contributed by atoms with E-state index in [-0.39, 0.29) is 0 Å². The number of hydrogen-bond acceptors (Lipinski definition) is 2. The molecule has 2 nitrogen and oxygen atoms in total. The van der Waals surface area contributed by atoms with Gasteiger partial charge in [0.2, 0.25) is 0 Å². The van der Waals surface area contributed by atoms with Gasteiger partial charge in [0.15, 0.2) is 0 Å². The lowest BCUT2D eigenvalue weighted by Crippen LogP contribution is -2.15. The lowest BCUT2D eigenvalue weighted by Gasteiger charge is -2.27. The molecule has 10 rings (SSSR count). The fourth-order valence-electron chi connectivity index (χ4n) is 9.11. The van der Waals surface area contributed by atoms with Crippen molar-refractivity contribution in [1.29, 1.82) is 0 Å². The van der Waals surface area contributed by atoms with E-state index >= 15 is 0 Å². The Bertz CT molecular complexity index is 2840. The number of allylic oxidation sites excluding steroid dienone is 6. The zero-order chi connectivity index (χ0) is 37.9. The molecule has 2 heterocycles. The highest BCUT2D eigenvalue weighted by Crippen LogP contribution is 2.44. The van der Waals surface area contributed by atoms with Gasteiger partial charge in [-0.3, -0.25) is 0 Å². The normalized spacial score (nSPS) is 14.0. The minimum absolute atomic E-state index is 1.18. The van der Waals surface area contributed by atoms with Crippen molar-refractivity contribution in [2.45, 2.75) is 27.7 Å². The first-order valence-corrected chi connectivity index (χ1v) is 19.5. The maximum Gasteiger partial charge on any atom is 0.0557 e. The van der Waals surface area contributed by atoms with E-state index in [0.29, 0.717) is 0 Å². The van der Waals surface area contributed by atoms with Crippen molar-refractivity contribution in [2.24, 2.45) is 0 Å². The Balaban J connectivity index is 1.01. The van der Waals surface area contributed by atoms with Gasteiger partial charge in [-0.1, -0.05) is 120 Å². The van der Waals surface area contributed by atoms with Crippen molar-refractivity contribution in [2.75, 3.05) is 9.80 Å². The van der Waals surface area contributed by atoms with Gasteiger partial charge in [0.05, 0.1) is 11.4 Å². The largest absolute Gasteiger partial charge is 0.323 e. The van der Waals surface area contributed by atoms with Crippen LogP contribution in [0.25, 0.3) is 65.3 Å². The number of hydrogen-bond donors (Lipinski definition) is 0. The topological polar surface area (TPSA) is 6.48 Å². The quantitative estimate of drug-likeness (QED) is 0.167. The Kier molecular flexibility index (Phi) is 8.08. The summed E-state index contributed by atoms with van der Waals surface area (Å²) in [6, 6.07) is 49.1. The van der Waals surface area contributed by atoms with E-state index in [0.717, 1.165) is 0 Å². The van der Waals surface area contributed by atoms with Gasteiger partial charge in [-0.15, -0.1) is 0 Å². The smallest absolute Gasteiger partial charge is 0.0557 e. The van der Waals surface area contributed by atoms with Gasteiger partial charge >= 0.3 is 0 Å². The monoisotopic (exact) mass is 718 g/mol. The summed E-state index contributed by atoms with van der Waals surface area (Å²) in [6.07, 6.45) is 17.8. The highest BCUT2D eigenvalue weighted by Gasteiger charge is 2.21. The van der Waals surface area contributed by atoms with Crippen molar-refractivity contribution in [3.63, 3.8) is 0 Å². The van der Waals surface area contributed by atoms with Crippen LogP contribution >= 0.6 is 0 Å². The molecule has 8 aromatic carbocycles.